The Morgan fingerprint density at radius 1 is 0.952 bits per heavy atom. The quantitative estimate of drug-likeness (QED) is 0.913. The molecule has 2 aromatic carbocycles. The molecule has 0 spiro atoms. The fraction of sp³-hybridized carbons (Fsp3) is 0.250. The maximum Gasteiger partial charge on any atom is 0.211 e. The van der Waals surface area contributed by atoms with E-state index in [0.717, 1.165) is 0 Å². The lowest BCUT2D eigenvalue weighted by Gasteiger charge is -2.17. The summed E-state index contributed by atoms with van der Waals surface area (Å²) in [6.45, 7) is 1.54. The lowest BCUT2D eigenvalue weighted by atomic mass is 10.1. The minimum atomic E-state index is -0.864. The van der Waals surface area contributed by atoms with Gasteiger partial charge in [0.1, 0.15) is 0 Å². The normalized spacial score (nSPS) is 11.9. The summed E-state index contributed by atoms with van der Waals surface area (Å²) in [5.74, 6) is 0.467. The Morgan fingerprint density at radius 2 is 1.52 bits per heavy atom. The third-order valence-corrected chi connectivity index (χ3v) is 3.03. The van der Waals surface area contributed by atoms with Gasteiger partial charge in [-0.2, -0.15) is 0 Å². The highest BCUT2D eigenvalue weighted by atomic mass is 19.1. The van der Waals surface area contributed by atoms with E-state index in [1.54, 1.807) is 31.2 Å². The van der Waals surface area contributed by atoms with E-state index in [1.807, 2.05) is 0 Å². The van der Waals surface area contributed by atoms with Crippen molar-refractivity contribution in [2.45, 2.75) is 13.0 Å². The largest absolute Gasteiger partial charge is 0.493 e. The van der Waals surface area contributed by atoms with Crippen LogP contribution in [0.2, 0.25) is 0 Å². The SMILES string of the molecule is COc1cccc(OC)c1Oc1c(F)cccc1C(C)O. The average Bonchev–Trinajstić information content (AvgIpc) is 2.49. The van der Waals surface area contributed by atoms with Crippen LogP contribution in [0, 0.1) is 5.82 Å². The van der Waals surface area contributed by atoms with Gasteiger partial charge in [0.25, 0.3) is 0 Å². The minimum absolute atomic E-state index is 0.0460. The Balaban J connectivity index is 2.53. The molecule has 2 aromatic rings. The summed E-state index contributed by atoms with van der Waals surface area (Å²) in [5, 5.41) is 9.75. The molecule has 0 bridgehead atoms. The average molecular weight is 292 g/mol. The van der Waals surface area contributed by atoms with Crippen molar-refractivity contribution in [2.75, 3.05) is 14.2 Å². The van der Waals surface area contributed by atoms with E-state index < -0.39 is 11.9 Å². The number of aliphatic hydroxyl groups is 1. The summed E-state index contributed by atoms with van der Waals surface area (Å²) in [7, 11) is 2.97. The van der Waals surface area contributed by atoms with Crippen molar-refractivity contribution in [1.82, 2.24) is 0 Å². The first-order chi connectivity index (χ1) is 10.1. The number of ether oxygens (including phenoxy) is 3. The molecule has 0 heterocycles. The maximum atomic E-state index is 14.0. The number of para-hydroxylation sites is 2. The van der Waals surface area contributed by atoms with E-state index in [2.05, 4.69) is 0 Å². The number of halogens is 1. The van der Waals surface area contributed by atoms with Gasteiger partial charge in [-0.05, 0) is 25.1 Å². The summed E-state index contributed by atoms with van der Waals surface area (Å²) in [6, 6.07) is 9.49. The van der Waals surface area contributed by atoms with Crippen molar-refractivity contribution >= 4 is 0 Å². The summed E-state index contributed by atoms with van der Waals surface area (Å²) in [5.41, 5.74) is 0.350. The molecular weight excluding hydrogens is 275 g/mol. The van der Waals surface area contributed by atoms with Gasteiger partial charge in [-0.25, -0.2) is 4.39 Å². The van der Waals surface area contributed by atoms with Crippen LogP contribution in [0.1, 0.15) is 18.6 Å². The van der Waals surface area contributed by atoms with Crippen LogP contribution >= 0.6 is 0 Å². The molecule has 21 heavy (non-hydrogen) atoms. The van der Waals surface area contributed by atoms with Crippen molar-refractivity contribution < 1.29 is 23.7 Å². The summed E-state index contributed by atoms with van der Waals surface area (Å²) in [6.07, 6.45) is -0.864. The fourth-order valence-electron chi connectivity index (χ4n) is 1.98. The first kappa shape index (κ1) is 15.1. The molecule has 1 N–H and O–H groups in total. The molecule has 0 aliphatic carbocycles. The highest BCUT2D eigenvalue weighted by Crippen LogP contribution is 2.42. The van der Waals surface area contributed by atoms with Crippen LogP contribution in [-0.2, 0) is 0 Å². The predicted molar refractivity (Wildman–Crippen MR) is 76.7 cm³/mol. The maximum absolute atomic E-state index is 14.0. The molecule has 112 valence electrons. The zero-order chi connectivity index (χ0) is 15.4. The first-order valence-electron chi connectivity index (χ1n) is 6.43. The second kappa shape index (κ2) is 6.45. The number of benzene rings is 2. The lowest BCUT2D eigenvalue weighted by molar-refractivity contribution is 0.194. The Bertz CT molecular complexity index is 603. The third kappa shape index (κ3) is 3.08. The van der Waals surface area contributed by atoms with Gasteiger partial charge < -0.3 is 19.3 Å². The molecule has 0 saturated carbocycles. The van der Waals surface area contributed by atoms with Crippen LogP contribution in [0.25, 0.3) is 0 Å². The van der Waals surface area contributed by atoms with Crippen LogP contribution in [0.15, 0.2) is 36.4 Å². The van der Waals surface area contributed by atoms with Crippen molar-refractivity contribution in [3.05, 3.63) is 47.8 Å². The van der Waals surface area contributed by atoms with E-state index in [9.17, 15) is 9.50 Å². The number of rotatable bonds is 5. The molecule has 0 amide bonds. The van der Waals surface area contributed by atoms with E-state index in [0.29, 0.717) is 17.1 Å². The van der Waals surface area contributed by atoms with Gasteiger partial charge in [-0.15, -0.1) is 0 Å². The first-order valence-corrected chi connectivity index (χ1v) is 6.43. The van der Waals surface area contributed by atoms with E-state index in [-0.39, 0.29) is 11.5 Å². The van der Waals surface area contributed by atoms with Crippen LogP contribution in [0.3, 0.4) is 0 Å². The number of hydrogen-bond donors (Lipinski definition) is 1. The van der Waals surface area contributed by atoms with Crippen molar-refractivity contribution in [3.63, 3.8) is 0 Å². The Kier molecular flexibility index (Phi) is 4.65. The molecule has 0 aliphatic heterocycles. The van der Waals surface area contributed by atoms with Gasteiger partial charge in [0.15, 0.2) is 23.1 Å². The van der Waals surface area contributed by atoms with Crippen molar-refractivity contribution in [1.29, 1.82) is 0 Å². The highest BCUT2D eigenvalue weighted by molar-refractivity contribution is 5.54. The van der Waals surface area contributed by atoms with Gasteiger partial charge in [0.05, 0.1) is 20.3 Å². The molecule has 1 unspecified atom stereocenters. The topological polar surface area (TPSA) is 47.9 Å². The van der Waals surface area contributed by atoms with E-state index in [1.165, 1.54) is 26.4 Å². The molecule has 0 saturated heterocycles. The molecular formula is C16H17FO4. The monoisotopic (exact) mass is 292 g/mol. The summed E-state index contributed by atoms with van der Waals surface area (Å²) in [4.78, 5) is 0. The number of methoxy groups -OCH3 is 2. The Morgan fingerprint density at radius 3 is 2.05 bits per heavy atom. The number of aliphatic hydroxyl groups excluding tert-OH is 1. The van der Waals surface area contributed by atoms with Crippen LogP contribution in [-0.4, -0.2) is 19.3 Å². The molecule has 4 nitrogen and oxygen atoms in total. The highest BCUT2D eigenvalue weighted by Gasteiger charge is 2.19. The van der Waals surface area contributed by atoms with Crippen molar-refractivity contribution in [3.8, 4) is 23.0 Å². The molecule has 2 rings (SSSR count). The van der Waals surface area contributed by atoms with Gasteiger partial charge in [0.2, 0.25) is 5.75 Å². The van der Waals surface area contributed by atoms with Gasteiger partial charge in [0, 0.05) is 5.56 Å². The molecule has 0 fully saturated rings. The van der Waals surface area contributed by atoms with E-state index in [4.69, 9.17) is 14.2 Å². The third-order valence-electron chi connectivity index (χ3n) is 3.03. The molecule has 0 aromatic heterocycles. The molecule has 0 radical (unpaired) electrons. The zero-order valence-electron chi connectivity index (χ0n) is 12.1. The molecule has 5 heteroatoms. The molecule has 0 aliphatic rings. The van der Waals surface area contributed by atoms with Crippen LogP contribution < -0.4 is 14.2 Å². The fourth-order valence-corrected chi connectivity index (χ4v) is 1.98. The van der Waals surface area contributed by atoms with Crippen LogP contribution in [0.5, 0.6) is 23.0 Å². The molecule has 1 atom stereocenters. The predicted octanol–water partition coefficient (Wildman–Crippen LogP) is 3.69. The van der Waals surface area contributed by atoms with Gasteiger partial charge in [-0.3, -0.25) is 0 Å². The second-order valence-electron chi connectivity index (χ2n) is 4.43. The Hall–Kier alpha value is -2.27. The second-order valence-corrected chi connectivity index (χ2v) is 4.43. The van der Waals surface area contributed by atoms with E-state index >= 15 is 0 Å². The van der Waals surface area contributed by atoms with Gasteiger partial charge >= 0.3 is 0 Å². The standard InChI is InChI=1S/C16H17FO4/c1-10(18)11-6-4-7-12(17)15(11)21-16-13(19-2)8-5-9-14(16)20-3/h4-10,18H,1-3H3. The Labute approximate surface area is 122 Å². The number of hydrogen-bond acceptors (Lipinski definition) is 4. The smallest absolute Gasteiger partial charge is 0.211 e. The zero-order valence-corrected chi connectivity index (χ0v) is 12.1. The minimum Gasteiger partial charge on any atom is -0.493 e. The van der Waals surface area contributed by atoms with Crippen molar-refractivity contribution in [2.24, 2.45) is 0 Å². The summed E-state index contributed by atoms with van der Waals surface area (Å²) >= 11 is 0. The lowest BCUT2D eigenvalue weighted by Crippen LogP contribution is -2.01. The summed E-state index contributed by atoms with van der Waals surface area (Å²) < 4.78 is 30.1. The van der Waals surface area contributed by atoms with Gasteiger partial charge in [-0.1, -0.05) is 18.2 Å². The van der Waals surface area contributed by atoms with Crippen LogP contribution in [0.4, 0.5) is 4.39 Å².